The summed E-state index contributed by atoms with van der Waals surface area (Å²) in [5.41, 5.74) is 2.87. The fourth-order valence-corrected chi connectivity index (χ4v) is 4.48. The van der Waals surface area contributed by atoms with Crippen LogP contribution >= 0.6 is 11.3 Å². The zero-order chi connectivity index (χ0) is 23.4. The van der Waals surface area contributed by atoms with Gasteiger partial charge < -0.3 is 14.8 Å². The van der Waals surface area contributed by atoms with Gasteiger partial charge in [0.15, 0.2) is 0 Å². The largest absolute Gasteiger partial charge is 0.459 e. The average molecular weight is 458 g/mol. The molecule has 2 heterocycles. The van der Waals surface area contributed by atoms with E-state index in [1.54, 1.807) is 13.8 Å². The van der Waals surface area contributed by atoms with Crippen molar-refractivity contribution >= 4 is 39.1 Å². The van der Waals surface area contributed by atoms with E-state index in [9.17, 15) is 14.4 Å². The van der Waals surface area contributed by atoms with Crippen LogP contribution in [0.15, 0.2) is 29.3 Å². The number of carbonyl (C=O) groups is 2. The van der Waals surface area contributed by atoms with E-state index in [4.69, 9.17) is 9.47 Å². The molecule has 0 saturated carbocycles. The molecule has 0 fully saturated rings. The summed E-state index contributed by atoms with van der Waals surface area (Å²) in [5.74, 6) is -0.838. The molecule has 9 heteroatoms. The lowest BCUT2D eigenvalue weighted by atomic mass is 10.1. The number of nitrogens with one attached hydrogen (secondary N) is 1. The highest BCUT2D eigenvalue weighted by Gasteiger charge is 2.24. The zero-order valence-corrected chi connectivity index (χ0v) is 19.7. The Morgan fingerprint density at radius 2 is 2.00 bits per heavy atom. The minimum atomic E-state index is -0.792. The third-order valence-electron chi connectivity index (χ3n) is 5.37. The number of anilines is 1. The summed E-state index contributed by atoms with van der Waals surface area (Å²) in [7, 11) is 1.52. The van der Waals surface area contributed by atoms with Gasteiger partial charge in [0, 0.05) is 12.8 Å². The summed E-state index contributed by atoms with van der Waals surface area (Å²) in [6.07, 6.45) is 2.12. The number of para-hydroxylation sites is 1. The Bertz CT molecular complexity index is 1210. The van der Waals surface area contributed by atoms with E-state index in [0.29, 0.717) is 20.7 Å². The minimum absolute atomic E-state index is 0.122. The molecular weight excluding hydrogens is 430 g/mol. The summed E-state index contributed by atoms with van der Waals surface area (Å²) in [6.45, 7) is 7.69. The van der Waals surface area contributed by atoms with Gasteiger partial charge in [-0.15, -0.1) is 11.3 Å². The summed E-state index contributed by atoms with van der Waals surface area (Å²) in [4.78, 5) is 43.7. The highest BCUT2D eigenvalue weighted by Crippen LogP contribution is 2.28. The third-order valence-corrected chi connectivity index (χ3v) is 6.55. The van der Waals surface area contributed by atoms with Gasteiger partial charge in [-0.3, -0.25) is 14.2 Å². The third kappa shape index (κ3) is 4.58. The zero-order valence-electron chi connectivity index (χ0n) is 18.9. The van der Waals surface area contributed by atoms with Crippen molar-refractivity contribution in [1.82, 2.24) is 9.55 Å². The van der Waals surface area contributed by atoms with Crippen molar-refractivity contribution in [2.75, 3.05) is 25.6 Å². The first kappa shape index (κ1) is 23.6. The molecule has 170 valence electrons. The Kier molecular flexibility index (Phi) is 7.42. The molecular formula is C23H27N3O5S. The van der Waals surface area contributed by atoms with Crippen LogP contribution in [0.4, 0.5) is 5.69 Å². The molecule has 0 saturated heterocycles. The molecule has 0 bridgehead atoms. The number of methoxy groups -OCH3 is 1. The second kappa shape index (κ2) is 10.1. The van der Waals surface area contributed by atoms with Crippen molar-refractivity contribution < 1.29 is 19.1 Å². The van der Waals surface area contributed by atoms with Gasteiger partial charge in [-0.2, -0.15) is 0 Å². The first-order chi connectivity index (χ1) is 15.3. The first-order valence-electron chi connectivity index (χ1n) is 10.4. The van der Waals surface area contributed by atoms with E-state index in [1.165, 1.54) is 18.0 Å². The number of carbonyl (C=O) groups excluding carboxylic acids is 2. The Morgan fingerprint density at radius 1 is 1.25 bits per heavy atom. The van der Waals surface area contributed by atoms with E-state index in [0.717, 1.165) is 34.6 Å². The molecule has 0 aliphatic heterocycles. The summed E-state index contributed by atoms with van der Waals surface area (Å²) >= 11 is 1.10. The number of benzene rings is 1. The van der Waals surface area contributed by atoms with Crippen molar-refractivity contribution in [3.8, 4) is 0 Å². The molecule has 8 nitrogen and oxygen atoms in total. The van der Waals surface area contributed by atoms with Crippen LogP contribution in [-0.2, 0) is 20.7 Å². The molecule has 0 radical (unpaired) electrons. The maximum atomic E-state index is 13.2. The first-order valence-corrected chi connectivity index (χ1v) is 11.2. The molecule has 1 aromatic carbocycles. The van der Waals surface area contributed by atoms with Crippen molar-refractivity contribution in [2.45, 2.75) is 40.2 Å². The lowest BCUT2D eigenvalue weighted by Gasteiger charge is -2.18. The Morgan fingerprint density at radius 3 is 2.69 bits per heavy atom. The van der Waals surface area contributed by atoms with Gasteiger partial charge in [0.25, 0.3) is 5.56 Å². The van der Waals surface area contributed by atoms with Crippen LogP contribution in [0.25, 0.3) is 10.2 Å². The van der Waals surface area contributed by atoms with Crippen LogP contribution in [0, 0.1) is 13.8 Å². The standard InChI is InChI=1S/C23H27N3O5S/c1-6-16-9-7-8-13(2)18(16)25-20(27)15(4)26-12-24-21-17(22(26)28)14(3)19(32-21)23(29)31-11-10-30-5/h7-9,12,15H,6,10-11H2,1-5H3,(H,25,27). The lowest BCUT2D eigenvalue weighted by Crippen LogP contribution is -2.32. The quantitative estimate of drug-likeness (QED) is 0.410. The number of esters is 1. The van der Waals surface area contributed by atoms with Gasteiger partial charge in [0.05, 0.1) is 18.3 Å². The minimum Gasteiger partial charge on any atom is -0.459 e. The smallest absolute Gasteiger partial charge is 0.348 e. The molecule has 3 aromatic rings. The number of aryl methyl sites for hydroxylation is 3. The number of rotatable bonds is 8. The number of amides is 1. The van der Waals surface area contributed by atoms with Crippen LogP contribution in [-0.4, -0.2) is 41.8 Å². The second-order valence-corrected chi connectivity index (χ2v) is 8.45. The maximum absolute atomic E-state index is 13.2. The maximum Gasteiger partial charge on any atom is 0.348 e. The monoisotopic (exact) mass is 457 g/mol. The van der Waals surface area contributed by atoms with E-state index < -0.39 is 12.0 Å². The average Bonchev–Trinajstić information content (AvgIpc) is 3.12. The van der Waals surface area contributed by atoms with Crippen molar-refractivity contribution in [3.63, 3.8) is 0 Å². The number of thiophene rings is 1. The van der Waals surface area contributed by atoms with Crippen LogP contribution in [0.2, 0.25) is 0 Å². The molecule has 1 atom stereocenters. The van der Waals surface area contributed by atoms with Gasteiger partial charge in [0.1, 0.15) is 22.4 Å². The van der Waals surface area contributed by atoms with E-state index in [-0.39, 0.29) is 24.7 Å². The highest BCUT2D eigenvalue weighted by atomic mass is 32.1. The Hall–Kier alpha value is -3.04. The predicted molar refractivity (Wildman–Crippen MR) is 125 cm³/mol. The van der Waals surface area contributed by atoms with Crippen LogP contribution < -0.4 is 10.9 Å². The second-order valence-electron chi connectivity index (χ2n) is 7.45. The van der Waals surface area contributed by atoms with Gasteiger partial charge in [0.2, 0.25) is 5.91 Å². The van der Waals surface area contributed by atoms with Crippen molar-refractivity contribution in [2.24, 2.45) is 0 Å². The number of hydrogen-bond acceptors (Lipinski definition) is 7. The van der Waals surface area contributed by atoms with E-state index >= 15 is 0 Å². The fourth-order valence-electron chi connectivity index (χ4n) is 3.45. The van der Waals surface area contributed by atoms with Crippen LogP contribution in [0.3, 0.4) is 0 Å². The van der Waals surface area contributed by atoms with Gasteiger partial charge >= 0.3 is 5.97 Å². The molecule has 2 aromatic heterocycles. The highest BCUT2D eigenvalue weighted by molar-refractivity contribution is 7.20. The number of fused-ring (bicyclic) bond motifs is 1. The number of hydrogen-bond donors (Lipinski definition) is 1. The summed E-state index contributed by atoms with van der Waals surface area (Å²) < 4.78 is 11.4. The van der Waals surface area contributed by atoms with Crippen LogP contribution in [0.5, 0.6) is 0 Å². The summed E-state index contributed by atoms with van der Waals surface area (Å²) in [5, 5.41) is 3.28. The topological polar surface area (TPSA) is 99.5 Å². The number of nitrogens with zero attached hydrogens (tertiary/aromatic N) is 2. The van der Waals surface area contributed by atoms with Gasteiger partial charge in [-0.25, -0.2) is 9.78 Å². The molecule has 1 amide bonds. The van der Waals surface area contributed by atoms with Crippen molar-refractivity contribution in [3.05, 3.63) is 56.4 Å². The fraction of sp³-hybridized carbons (Fsp3) is 0.391. The predicted octanol–water partition coefficient (Wildman–Crippen LogP) is 3.64. The molecule has 1 N–H and O–H groups in total. The normalized spacial score (nSPS) is 12.0. The Labute approximate surface area is 190 Å². The SMILES string of the molecule is CCc1cccc(C)c1NC(=O)C(C)n1cnc2sc(C(=O)OCCOC)c(C)c2c1=O. The van der Waals surface area contributed by atoms with Gasteiger partial charge in [-0.1, -0.05) is 25.1 Å². The number of aromatic nitrogens is 2. The van der Waals surface area contributed by atoms with E-state index in [2.05, 4.69) is 10.3 Å². The molecule has 1 unspecified atom stereocenters. The molecule has 0 aliphatic carbocycles. The van der Waals surface area contributed by atoms with Gasteiger partial charge in [-0.05, 0) is 43.9 Å². The number of ether oxygens (including phenoxy) is 2. The van der Waals surface area contributed by atoms with Crippen LogP contribution in [0.1, 0.15) is 46.3 Å². The summed E-state index contributed by atoms with van der Waals surface area (Å²) in [6, 6.07) is 5.06. The lowest BCUT2D eigenvalue weighted by molar-refractivity contribution is -0.118. The molecule has 3 rings (SSSR count). The molecule has 0 spiro atoms. The Balaban J connectivity index is 1.91. The van der Waals surface area contributed by atoms with Crippen molar-refractivity contribution in [1.29, 1.82) is 0 Å². The van der Waals surface area contributed by atoms with E-state index in [1.807, 2.05) is 32.0 Å². The molecule has 0 aliphatic rings. The molecule has 32 heavy (non-hydrogen) atoms.